The summed E-state index contributed by atoms with van der Waals surface area (Å²) in [5.74, 6) is 0.00116. The molecule has 0 bridgehead atoms. The van der Waals surface area contributed by atoms with E-state index in [4.69, 9.17) is 0 Å². The lowest BCUT2D eigenvalue weighted by Gasteiger charge is -2.12. The van der Waals surface area contributed by atoms with E-state index in [2.05, 4.69) is 10.9 Å². The molecule has 102 valence electrons. The van der Waals surface area contributed by atoms with Crippen LogP contribution < -0.4 is 10.9 Å². The van der Waals surface area contributed by atoms with Crippen molar-refractivity contribution in [3.8, 4) is 5.75 Å². The molecule has 0 heterocycles. The van der Waals surface area contributed by atoms with E-state index in [1.54, 1.807) is 36.4 Å². The predicted octanol–water partition coefficient (Wildman–Crippen LogP) is 2.69. The molecular weight excluding hydrogens is 252 g/mol. The number of hydrazine groups is 1. The fourth-order valence-electron chi connectivity index (χ4n) is 1.74. The normalized spacial score (nSPS) is 10.9. The van der Waals surface area contributed by atoms with Crippen LogP contribution in [0.2, 0.25) is 0 Å². The van der Waals surface area contributed by atoms with Gasteiger partial charge in [-0.25, -0.2) is 0 Å². The Balaban J connectivity index is 2.02. The monoisotopic (exact) mass is 268 g/mol. The molecule has 4 nitrogen and oxygen atoms in total. The number of phenolic OH excluding ortho intramolecular Hbond substituents is 1. The first-order valence-electron chi connectivity index (χ1n) is 6.28. The highest BCUT2D eigenvalue weighted by atomic mass is 16.3. The van der Waals surface area contributed by atoms with Gasteiger partial charge in [-0.2, -0.15) is 0 Å². The molecule has 3 N–H and O–H groups in total. The Bertz CT molecular complexity index is 604. The van der Waals surface area contributed by atoms with Gasteiger partial charge in [0.1, 0.15) is 5.75 Å². The molecule has 4 heteroatoms. The first-order valence-corrected chi connectivity index (χ1v) is 6.28. The fraction of sp³-hybridized carbons (Fsp3) is 0.0625. The molecule has 0 aliphatic heterocycles. The summed E-state index contributed by atoms with van der Waals surface area (Å²) in [6.07, 6.45) is 1.84. The Hall–Kier alpha value is -2.75. The van der Waals surface area contributed by atoms with Crippen molar-refractivity contribution >= 4 is 11.6 Å². The van der Waals surface area contributed by atoms with E-state index < -0.39 is 0 Å². The Labute approximate surface area is 117 Å². The Morgan fingerprint density at radius 3 is 2.20 bits per heavy atom. The van der Waals surface area contributed by atoms with Gasteiger partial charge in [0.05, 0.1) is 5.70 Å². The third-order valence-corrected chi connectivity index (χ3v) is 2.81. The molecule has 0 saturated carbocycles. The van der Waals surface area contributed by atoms with Crippen molar-refractivity contribution in [3.63, 3.8) is 0 Å². The second-order valence-electron chi connectivity index (χ2n) is 4.19. The maximum absolute atomic E-state index is 11.9. The van der Waals surface area contributed by atoms with Gasteiger partial charge in [-0.3, -0.25) is 15.6 Å². The van der Waals surface area contributed by atoms with Crippen LogP contribution in [0.4, 0.5) is 0 Å². The van der Waals surface area contributed by atoms with Crippen molar-refractivity contribution in [2.75, 3.05) is 0 Å². The summed E-state index contributed by atoms with van der Waals surface area (Å²) in [6.45, 7) is 1.86. The van der Waals surface area contributed by atoms with E-state index in [9.17, 15) is 9.90 Å². The lowest BCUT2D eigenvalue weighted by Crippen LogP contribution is -2.36. The minimum absolute atomic E-state index is 0.205. The number of phenols is 1. The van der Waals surface area contributed by atoms with E-state index in [0.717, 1.165) is 11.3 Å². The summed E-state index contributed by atoms with van der Waals surface area (Å²) in [5.41, 5.74) is 7.74. The van der Waals surface area contributed by atoms with E-state index in [1.807, 2.05) is 31.2 Å². The van der Waals surface area contributed by atoms with Gasteiger partial charge in [-0.1, -0.05) is 24.3 Å². The van der Waals surface area contributed by atoms with Crippen LogP contribution in [0.5, 0.6) is 5.75 Å². The summed E-state index contributed by atoms with van der Waals surface area (Å²) in [7, 11) is 0. The van der Waals surface area contributed by atoms with Crippen molar-refractivity contribution in [1.82, 2.24) is 10.9 Å². The molecule has 2 aromatic rings. The zero-order chi connectivity index (χ0) is 14.4. The number of amides is 1. The summed E-state index contributed by atoms with van der Waals surface area (Å²) in [5, 5.41) is 9.27. The van der Waals surface area contributed by atoms with Crippen LogP contribution in [0.15, 0.2) is 60.7 Å². The molecule has 0 fully saturated rings. The van der Waals surface area contributed by atoms with E-state index in [0.29, 0.717) is 5.56 Å². The molecule has 2 aromatic carbocycles. The number of allylic oxidation sites excluding steroid dienone is 1. The number of aromatic hydroxyl groups is 1. The molecule has 20 heavy (non-hydrogen) atoms. The highest BCUT2D eigenvalue weighted by molar-refractivity contribution is 5.94. The first-order chi connectivity index (χ1) is 9.70. The molecule has 0 saturated heterocycles. The third kappa shape index (κ3) is 3.38. The van der Waals surface area contributed by atoms with Gasteiger partial charge in [0.15, 0.2) is 0 Å². The molecular formula is C16H16N2O2. The van der Waals surface area contributed by atoms with Gasteiger partial charge in [0.25, 0.3) is 5.91 Å². The Morgan fingerprint density at radius 2 is 1.60 bits per heavy atom. The highest BCUT2D eigenvalue weighted by Gasteiger charge is 2.05. The average Bonchev–Trinajstić information content (AvgIpc) is 2.50. The second kappa shape index (κ2) is 6.43. The van der Waals surface area contributed by atoms with Crippen LogP contribution in [0.25, 0.3) is 5.70 Å². The number of rotatable bonds is 4. The van der Waals surface area contributed by atoms with Crippen LogP contribution >= 0.6 is 0 Å². The standard InChI is InChI=1S/C16H16N2O2/c1-2-15(12-8-10-14(19)11-9-12)17-18-16(20)13-6-4-3-5-7-13/h2-11,17,19H,1H3,(H,18,20)/b15-2-. The quantitative estimate of drug-likeness (QED) is 0.747. The molecule has 0 unspecified atom stereocenters. The van der Waals surface area contributed by atoms with Crippen LogP contribution in [0, 0.1) is 0 Å². The Morgan fingerprint density at radius 1 is 0.950 bits per heavy atom. The second-order valence-corrected chi connectivity index (χ2v) is 4.19. The number of benzene rings is 2. The summed E-state index contributed by atoms with van der Waals surface area (Å²) < 4.78 is 0. The van der Waals surface area contributed by atoms with Gasteiger partial charge < -0.3 is 5.11 Å². The number of carbonyl (C=O) groups excluding carboxylic acids is 1. The minimum Gasteiger partial charge on any atom is -0.508 e. The maximum Gasteiger partial charge on any atom is 0.269 e. The number of hydrogen-bond acceptors (Lipinski definition) is 3. The smallest absolute Gasteiger partial charge is 0.269 e. The van der Waals surface area contributed by atoms with Crippen molar-refractivity contribution in [3.05, 3.63) is 71.8 Å². The molecule has 0 spiro atoms. The number of nitrogens with one attached hydrogen (secondary N) is 2. The molecule has 0 radical (unpaired) electrons. The summed E-state index contributed by atoms with van der Waals surface area (Å²) >= 11 is 0. The molecule has 2 rings (SSSR count). The van der Waals surface area contributed by atoms with Crippen LogP contribution in [0.3, 0.4) is 0 Å². The highest BCUT2D eigenvalue weighted by Crippen LogP contribution is 2.15. The van der Waals surface area contributed by atoms with Crippen molar-refractivity contribution in [2.24, 2.45) is 0 Å². The average molecular weight is 268 g/mol. The SMILES string of the molecule is C/C=C(\NNC(=O)c1ccccc1)c1ccc(O)cc1. The predicted molar refractivity (Wildman–Crippen MR) is 78.8 cm³/mol. The molecule has 0 atom stereocenters. The third-order valence-electron chi connectivity index (χ3n) is 2.81. The zero-order valence-electron chi connectivity index (χ0n) is 11.1. The number of carbonyl (C=O) groups is 1. The fourth-order valence-corrected chi connectivity index (χ4v) is 1.74. The van der Waals surface area contributed by atoms with E-state index in [-0.39, 0.29) is 11.7 Å². The van der Waals surface area contributed by atoms with E-state index >= 15 is 0 Å². The van der Waals surface area contributed by atoms with Gasteiger partial charge in [0, 0.05) is 5.56 Å². The lowest BCUT2D eigenvalue weighted by molar-refractivity contribution is 0.0942. The topological polar surface area (TPSA) is 61.4 Å². The zero-order valence-corrected chi connectivity index (χ0v) is 11.1. The van der Waals surface area contributed by atoms with Gasteiger partial charge in [-0.15, -0.1) is 0 Å². The molecule has 0 aliphatic rings. The molecule has 1 amide bonds. The molecule has 0 aliphatic carbocycles. The Kier molecular flexibility index (Phi) is 4.39. The maximum atomic E-state index is 11.9. The largest absolute Gasteiger partial charge is 0.508 e. The van der Waals surface area contributed by atoms with Crippen LogP contribution in [0.1, 0.15) is 22.8 Å². The van der Waals surface area contributed by atoms with Gasteiger partial charge >= 0.3 is 0 Å². The van der Waals surface area contributed by atoms with Crippen molar-refractivity contribution in [1.29, 1.82) is 0 Å². The van der Waals surface area contributed by atoms with Crippen LogP contribution in [-0.2, 0) is 0 Å². The van der Waals surface area contributed by atoms with Crippen molar-refractivity contribution in [2.45, 2.75) is 6.92 Å². The number of hydrogen-bond donors (Lipinski definition) is 3. The van der Waals surface area contributed by atoms with E-state index in [1.165, 1.54) is 0 Å². The molecule has 0 aromatic heterocycles. The van der Waals surface area contributed by atoms with Crippen molar-refractivity contribution < 1.29 is 9.90 Å². The summed E-state index contributed by atoms with van der Waals surface area (Å²) in [4.78, 5) is 11.9. The van der Waals surface area contributed by atoms with Gasteiger partial charge in [-0.05, 0) is 48.9 Å². The van der Waals surface area contributed by atoms with Crippen LogP contribution in [-0.4, -0.2) is 11.0 Å². The summed E-state index contributed by atoms with van der Waals surface area (Å²) in [6, 6.07) is 15.7. The lowest BCUT2D eigenvalue weighted by atomic mass is 10.1. The van der Waals surface area contributed by atoms with Gasteiger partial charge in [0.2, 0.25) is 0 Å². The first kappa shape index (κ1) is 13.7. The minimum atomic E-state index is -0.205.